The van der Waals surface area contributed by atoms with Gasteiger partial charge in [0.05, 0.1) is 23.5 Å². The highest BCUT2D eigenvalue weighted by Gasteiger charge is 2.58. The van der Waals surface area contributed by atoms with Gasteiger partial charge in [0.1, 0.15) is 17.8 Å². The fraction of sp³-hybridized carbons (Fsp3) is 0.370. The fourth-order valence-electron chi connectivity index (χ4n) is 6.04. The zero-order valence-corrected chi connectivity index (χ0v) is 21.5. The predicted octanol–water partition coefficient (Wildman–Crippen LogP) is 5.25. The first-order valence-corrected chi connectivity index (χ1v) is 13.3. The average Bonchev–Trinajstić information content (AvgIpc) is 3.59. The van der Waals surface area contributed by atoms with Crippen LogP contribution in [-0.2, 0) is 4.74 Å². The fourth-order valence-corrected chi connectivity index (χ4v) is 6.23. The van der Waals surface area contributed by atoms with Gasteiger partial charge < -0.3 is 15.4 Å². The Morgan fingerprint density at radius 3 is 2.87 bits per heavy atom. The van der Waals surface area contributed by atoms with Crippen molar-refractivity contribution in [3.63, 3.8) is 0 Å². The van der Waals surface area contributed by atoms with Crippen LogP contribution in [0.15, 0.2) is 42.6 Å². The molecule has 2 bridgehead atoms. The topological polar surface area (TPSA) is 133 Å². The average molecular weight is 547 g/mol. The van der Waals surface area contributed by atoms with E-state index in [1.807, 2.05) is 6.07 Å². The van der Waals surface area contributed by atoms with Crippen molar-refractivity contribution in [2.24, 2.45) is 5.92 Å². The minimum absolute atomic E-state index is 0.107. The second kappa shape index (κ2) is 8.95. The van der Waals surface area contributed by atoms with E-state index in [2.05, 4.69) is 32.0 Å². The number of ether oxygens (including phenoxy) is 1. The van der Waals surface area contributed by atoms with Crippen LogP contribution in [0.2, 0.25) is 5.15 Å². The van der Waals surface area contributed by atoms with E-state index in [0.717, 1.165) is 30.7 Å². The maximum atomic E-state index is 15.4. The van der Waals surface area contributed by atoms with Crippen LogP contribution in [0.25, 0.3) is 16.8 Å². The van der Waals surface area contributed by atoms with E-state index in [1.165, 1.54) is 0 Å². The Morgan fingerprint density at radius 2 is 2.10 bits per heavy atom. The number of fused-ring (bicyclic) bond motifs is 1. The second-order valence-corrected chi connectivity index (χ2v) is 11.1. The number of carbonyl (C=O) groups is 1. The number of aromatic nitrogens is 5. The normalized spacial score (nSPS) is 26.9. The van der Waals surface area contributed by atoms with Gasteiger partial charge in [-0.15, -0.1) is 0 Å². The van der Waals surface area contributed by atoms with Crippen molar-refractivity contribution in [2.45, 2.75) is 55.8 Å². The highest BCUT2D eigenvalue weighted by Crippen LogP contribution is 2.57. The third-order valence-corrected chi connectivity index (χ3v) is 8.31. The van der Waals surface area contributed by atoms with Gasteiger partial charge >= 0.3 is 6.09 Å². The van der Waals surface area contributed by atoms with Crippen molar-refractivity contribution < 1.29 is 13.9 Å². The zero-order valence-electron chi connectivity index (χ0n) is 20.7. The van der Waals surface area contributed by atoms with E-state index in [0.29, 0.717) is 52.1 Å². The van der Waals surface area contributed by atoms with Crippen molar-refractivity contribution in [3.05, 3.63) is 59.0 Å². The number of benzene rings is 1. The number of nitriles is 1. The van der Waals surface area contributed by atoms with E-state index < -0.39 is 24.3 Å². The monoisotopic (exact) mass is 546 g/mol. The molecule has 4 fully saturated rings. The number of amides is 1. The van der Waals surface area contributed by atoms with E-state index in [1.54, 1.807) is 41.0 Å². The number of H-pyrrole nitrogens is 1. The van der Waals surface area contributed by atoms with Crippen LogP contribution >= 0.6 is 11.6 Å². The quantitative estimate of drug-likeness (QED) is 0.301. The SMILES string of the molecule is N#Cc1cccc(-c2cn3nc(Cl)cc3c(Nc3cc([C@@H]4CC[C@H](OC(=O)NC56CC(C5)C6)[C@H]4F)[nH]n3)n2)c1. The van der Waals surface area contributed by atoms with Crippen LogP contribution in [0.3, 0.4) is 0 Å². The maximum absolute atomic E-state index is 15.4. The molecule has 1 amide bonds. The van der Waals surface area contributed by atoms with E-state index in [-0.39, 0.29) is 5.54 Å². The summed E-state index contributed by atoms with van der Waals surface area (Å²) in [6, 6.07) is 12.6. The number of nitrogens with one attached hydrogen (secondary N) is 3. The number of carbonyl (C=O) groups excluding carboxylic acids is 1. The summed E-state index contributed by atoms with van der Waals surface area (Å²) in [6.45, 7) is 0. The number of alkyl carbamates (subject to hydrolysis) is 1. The van der Waals surface area contributed by atoms with Gasteiger partial charge in [0.2, 0.25) is 0 Å². The van der Waals surface area contributed by atoms with Gasteiger partial charge in [0, 0.05) is 34.8 Å². The first kappa shape index (κ1) is 23.9. The molecule has 3 aromatic heterocycles. The first-order valence-electron chi connectivity index (χ1n) is 12.9. The smallest absolute Gasteiger partial charge is 0.407 e. The number of hydrogen-bond donors (Lipinski definition) is 3. The maximum Gasteiger partial charge on any atom is 0.407 e. The molecule has 12 heteroatoms. The van der Waals surface area contributed by atoms with E-state index >= 15 is 4.39 Å². The molecule has 0 radical (unpaired) electrons. The van der Waals surface area contributed by atoms with Crippen molar-refractivity contribution >= 4 is 34.8 Å². The zero-order chi connectivity index (χ0) is 26.7. The van der Waals surface area contributed by atoms with Gasteiger partial charge in [0.25, 0.3) is 0 Å². The number of halogens is 2. The van der Waals surface area contributed by atoms with Crippen LogP contribution in [0, 0.1) is 17.2 Å². The lowest BCUT2D eigenvalue weighted by Gasteiger charge is -2.61. The number of aromatic amines is 1. The summed E-state index contributed by atoms with van der Waals surface area (Å²) in [6.07, 6.45) is 3.04. The Bertz CT molecular complexity index is 1630. The Morgan fingerprint density at radius 1 is 1.26 bits per heavy atom. The third-order valence-electron chi connectivity index (χ3n) is 8.12. The molecule has 4 saturated carbocycles. The Kier molecular flexibility index (Phi) is 5.49. The summed E-state index contributed by atoms with van der Waals surface area (Å²) in [4.78, 5) is 17.1. The summed E-state index contributed by atoms with van der Waals surface area (Å²) in [5, 5.41) is 27.2. The van der Waals surface area contributed by atoms with Crippen molar-refractivity contribution in [2.75, 3.05) is 5.32 Å². The molecule has 198 valence electrons. The van der Waals surface area contributed by atoms with Crippen LogP contribution in [-0.4, -0.2) is 48.7 Å². The second-order valence-electron chi connectivity index (χ2n) is 10.8. The molecule has 4 aromatic rings. The van der Waals surface area contributed by atoms with Crippen LogP contribution in [0.4, 0.5) is 20.8 Å². The summed E-state index contributed by atoms with van der Waals surface area (Å²) >= 11 is 6.17. The highest BCUT2D eigenvalue weighted by atomic mass is 35.5. The van der Waals surface area contributed by atoms with Crippen LogP contribution in [0.5, 0.6) is 0 Å². The minimum atomic E-state index is -1.34. The minimum Gasteiger partial charge on any atom is -0.443 e. The van der Waals surface area contributed by atoms with Gasteiger partial charge in [-0.1, -0.05) is 23.7 Å². The highest BCUT2D eigenvalue weighted by molar-refractivity contribution is 6.29. The predicted molar refractivity (Wildman–Crippen MR) is 140 cm³/mol. The lowest BCUT2D eigenvalue weighted by molar-refractivity contribution is -0.0532. The van der Waals surface area contributed by atoms with E-state index in [9.17, 15) is 10.1 Å². The summed E-state index contributed by atoms with van der Waals surface area (Å²) in [5.74, 6) is 1.14. The molecule has 0 aliphatic heterocycles. The molecule has 0 spiro atoms. The summed E-state index contributed by atoms with van der Waals surface area (Å²) in [7, 11) is 0. The van der Waals surface area contributed by atoms with Gasteiger partial charge in [-0.2, -0.15) is 15.5 Å². The molecule has 39 heavy (non-hydrogen) atoms. The lowest BCUT2D eigenvalue weighted by Crippen LogP contribution is -2.68. The molecule has 8 rings (SSSR count). The van der Waals surface area contributed by atoms with Gasteiger partial charge in [-0.05, 0) is 50.2 Å². The van der Waals surface area contributed by atoms with E-state index in [4.69, 9.17) is 21.3 Å². The molecule has 4 aliphatic rings. The third kappa shape index (κ3) is 4.25. The standard InChI is InChI=1S/C27H24ClFN8O2/c28-22-8-20-25(31-19(13-37(20)36-22)16-3-1-2-14(6-16)12-30)32-23-7-18(34-35-23)17-4-5-21(24(17)29)39-26(38)33-27-9-15(10-27)11-27/h1-3,6-8,13,15,17,21,24H,4-5,9-11H2,(H,33,38)(H2,31,32,34,35)/t15?,17-,21-,24-,27?/m0/s1. The van der Waals surface area contributed by atoms with Gasteiger partial charge in [-0.3, -0.25) is 5.10 Å². The van der Waals surface area contributed by atoms with Gasteiger partial charge in [-0.25, -0.2) is 18.7 Å². The first-order chi connectivity index (χ1) is 18.9. The molecule has 1 aromatic carbocycles. The molecule has 3 N–H and O–H groups in total. The molecule has 3 heterocycles. The molecule has 0 saturated heterocycles. The van der Waals surface area contributed by atoms with Crippen LogP contribution in [0.1, 0.15) is 49.3 Å². The van der Waals surface area contributed by atoms with Crippen LogP contribution < -0.4 is 10.6 Å². The number of hydrogen-bond acceptors (Lipinski definition) is 7. The molecule has 3 atom stereocenters. The van der Waals surface area contributed by atoms with Crippen molar-refractivity contribution in [1.82, 2.24) is 30.1 Å². The Labute approximate surface area is 227 Å². The molecular formula is C27H24ClFN8O2. The number of alkyl halides is 1. The molecule has 10 nitrogen and oxygen atoms in total. The Hall–Kier alpha value is -4.17. The van der Waals surface area contributed by atoms with Crippen molar-refractivity contribution in [3.8, 4) is 17.3 Å². The number of nitrogens with zero attached hydrogens (tertiary/aromatic N) is 5. The number of anilines is 2. The van der Waals surface area contributed by atoms with Gasteiger partial charge in [0.15, 0.2) is 16.8 Å². The van der Waals surface area contributed by atoms with Crippen molar-refractivity contribution in [1.29, 1.82) is 5.26 Å². The summed E-state index contributed by atoms with van der Waals surface area (Å²) < 4.78 is 22.4. The Balaban J connectivity index is 1.08. The summed E-state index contributed by atoms with van der Waals surface area (Å²) in [5.41, 5.74) is 2.95. The molecular weight excluding hydrogens is 523 g/mol. The largest absolute Gasteiger partial charge is 0.443 e. The molecule has 4 aliphatic carbocycles. The molecule has 0 unspecified atom stereocenters. The lowest BCUT2D eigenvalue weighted by atomic mass is 9.50. The number of rotatable bonds is 6.